The molecule has 0 aliphatic carbocycles. The molecule has 2 rings (SSSR count). The van der Waals surface area contributed by atoms with E-state index in [1.807, 2.05) is 0 Å². The SMILES string of the molecule is Nc1cccc(Nc2ccc(C(F)(F)F)cc2Cl)n1. The third kappa shape index (κ3) is 3.29. The van der Waals surface area contributed by atoms with E-state index in [-0.39, 0.29) is 5.02 Å². The molecule has 0 saturated heterocycles. The summed E-state index contributed by atoms with van der Waals surface area (Å²) in [6.07, 6.45) is -4.42. The fourth-order valence-corrected chi connectivity index (χ4v) is 1.68. The number of nitrogens with one attached hydrogen (secondary N) is 1. The van der Waals surface area contributed by atoms with Crippen LogP contribution in [0.4, 0.5) is 30.5 Å². The van der Waals surface area contributed by atoms with E-state index in [1.54, 1.807) is 18.2 Å². The summed E-state index contributed by atoms with van der Waals surface area (Å²) in [7, 11) is 0. The average Bonchev–Trinajstić information content (AvgIpc) is 2.30. The molecule has 2 aromatic rings. The Morgan fingerprint density at radius 1 is 1.16 bits per heavy atom. The van der Waals surface area contributed by atoms with E-state index in [1.165, 1.54) is 6.07 Å². The van der Waals surface area contributed by atoms with Gasteiger partial charge >= 0.3 is 6.18 Å². The van der Waals surface area contributed by atoms with Gasteiger partial charge in [-0.3, -0.25) is 0 Å². The van der Waals surface area contributed by atoms with E-state index in [0.717, 1.165) is 12.1 Å². The number of hydrogen-bond donors (Lipinski definition) is 2. The Kier molecular flexibility index (Phi) is 3.53. The first-order valence-electron chi connectivity index (χ1n) is 5.22. The summed E-state index contributed by atoms with van der Waals surface area (Å²) in [5.41, 5.74) is 5.02. The van der Waals surface area contributed by atoms with E-state index in [2.05, 4.69) is 10.3 Å². The summed E-state index contributed by atoms with van der Waals surface area (Å²) in [6, 6.07) is 7.94. The maximum Gasteiger partial charge on any atom is 0.416 e. The summed E-state index contributed by atoms with van der Waals surface area (Å²) in [5, 5.41) is 2.76. The third-order valence-corrected chi connectivity index (χ3v) is 2.64. The van der Waals surface area contributed by atoms with Crippen LogP contribution in [0.5, 0.6) is 0 Å². The molecule has 1 aromatic carbocycles. The van der Waals surface area contributed by atoms with Crippen LogP contribution >= 0.6 is 11.6 Å². The van der Waals surface area contributed by atoms with Crippen molar-refractivity contribution in [3.05, 3.63) is 47.0 Å². The van der Waals surface area contributed by atoms with E-state index in [9.17, 15) is 13.2 Å². The van der Waals surface area contributed by atoms with Crippen LogP contribution in [-0.2, 0) is 6.18 Å². The van der Waals surface area contributed by atoms with Crippen LogP contribution in [0, 0.1) is 0 Å². The number of halogens is 4. The zero-order valence-corrected chi connectivity index (χ0v) is 10.3. The monoisotopic (exact) mass is 287 g/mol. The highest BCUT2D eigenvalue weighted by atomic mass is 35.5. The molecule has 0 radical (unpaired) electrons. The molecule has 19 heavy (non-hydrogen) atoms. The number of aromatic nitrogens is 1. The molecule has 1 heterocycles. The summed E-state index contributed by atoms with van der Waals surface area (Å²) in [4.78, 5) is 3.97. The largest absolute Gasteiger partial charge is 0.416 e. The normalized spacial score (nSPS) is 11.4. The van der Waals surface area contributed by atoms with E-state index >= 15 is 0 Å². The van der Waals surface area contributed by atoms with Gasteiger partial charge in [0.2, 0.25) is 0 Å². The van der Waals surface area contributed by atoms with Crippen LogP contribution in [0.15, 0.2) is 36.4 Å². The van der Waals surface area contributed by atoms with E-state index in [0.29, 0.717) is 17.3 Å². The summed E-state index contributed by atoms with van der Waals surface area (Å²) in [5.74, 6) is 0.703. The highest BCUT2D eigenvalue weighted by Gasteiger charge is 2.30. The van der Waals surface area contributed by atoms with Crippen molar-refractivity contribution in [3.8, 4) is 0 Å². The zero-order valence-electron chi connectivity index (χ0n) is 9.50. The fraction of sp³-hybridized carbons (Fsp3) is 0.0833. The molecule has 0 aliphatic rings. The number of anilines is 3. The maximum atomic E-state index is 12.5. The minimum Gasteiger partial charge on any atom is -0.384 e. The quantitative estimate of drug-likeness (QED) is 0.875. The molecule has 3 N–H and O–H groups in total. The van der Waals surface area contributed by atoms with Gasteiger partial charge in [-0.15, -0.1) is 0 Å². The van der Waals surface area contributed by atoms with Crippen molar-refractivity contribution in [2.45, 2.75) is 6.18 Å². The lowest BCUT2D eigenvalue weighted by Crippen LogP contribution is -2.05. The first-order chi connectivity index (χ1) is 8.86. The van der Waals surface area contributed by atoms with Gasteiger partial charge in [0.1, 0.15) is 11.6 Å². The molecule has 0 bridgehead atoms. The average molecular weight is 288 g/mol. The van der Waals surface area contributed by atoms with Crippen LogP contribution in [-0.4, -0.2) is 4.98 Å². The lowest BCUT2D eigenvalue weighted by Gasteiger charge is -2.11. The van der Waals surface area contributed by atoms with Crippen LogP contribution < -0.4 is 11.1 Å². The molecular weight excluding hydrogens is 279 g/mol. The second-order valence-corrected chi connectivity index (χ2v) is 4.17. The van der Waals surface area contributed by atoms with Crippen molar-refractivity contribution < 1.29 is 13.2 Å². The molecular formula is C12H9ClF3N3. The van der Waals surface area contributed by atoms with Gasteiger partial charge in [-0.25, -0.2) is 4.98 Å². The number of nitrogens with zero attached hydrogens (tertiary/aromatic N) is 1. The van der Waals surface area contributed by atoms with Gasteiger partial charge in [0.05, 0.1) is 16.3 Å². The topological polar surface area (TPSA) is 50.9 Å². The standard InChI is InChI=1S/C12H9ClF3N3/c13-8-6-7(12(14,15)16)4-5-9(8)18-11-3-1-2-10(17)19-11/h1-6H,(H3,17,18,19). The highest BCUT2D eigenvalue weighted by Crippen LogP contribution is 2.34. The lowest BCUT2D eigenvalue weighted by atomic mass is 10.2. The Balaban J connectivity index is 2.27. The van der Waals surface area contributed by atoms with Gasteiger partial charge in [-0.1, -0.05) is 17.7 Å². The molecule has 1 aromatic heterocycles. The van der Waals surface area contributed by atoms with Crippen molar-refractivity contribution in [1.82, 2.24) is 4.98 Å². The molecule has 0 fully saturated rings. The molecule has 0 amide bonds. The number of pyridine rings is 1. The van der Waals surface area contributed by atoms with Gasteiger partial charge in [-0.2, -0.15) is 13.2 Å². The second kappa shape index (κ2) is 4.97. The number of nitrogens with two attached hydrogens (primary N) is 1. The minimum atomic E-state index is -4.42. The van der Waals surface area contributed by atoms with Crippen molar-refractivity contribution in [2.75, 3.05) is 11.1 Å². The summed E-state index contributed by atoms with van der Waals surface area (Å²) in [6.45, 7) is 0. The van der Waals surface area contributed by atoms with Gasteiger partial charge in [-0.05, 0) is 30.3 Å². The zero-order chi connectivity index (χ0) is 14.0. The summed E-state index contributed by atoms with van der Waals surface area (Å²) >= 11 is 5.80. The predicted octanol–water partition coefficient (Wildman–Crippen LogP) is 4.08. The van der Waals surface area contributed by atoms with Crippen LogP contribution in [0.1, 0.15) is 5.56 Å². The van der Waals surface area contributed by atoms with Gasteiger partial charge in [0.25, 0.3) is 0 Å². The molecule has 0 atom stereocenters. The van der Waals surface area contributed by atoms with Crippen molar-refractivity contribution in [1.29, 1.82) is 0 Å². The predicted molar refractivity (Wildman–Crippen MR) is 68.4 cm³/mol. The fourth-order valence-electron chi connectivity index (χ4n) is 1.45. The third-order valence-electron chi connectivity index (χ3n) is 2.33. The summed E-state index contributed by atoms with van der Waals surface area (Å²) < 4.78 is 37.4. The smallest absolute Gasteiger partial charge is 0.384 e. The Morgan fingerprint density at radius 3 is 2.47 bits per heavy atom. The maximum absolute atomic E-state index is 12.5. The van der Waals surface area contributed by atoms with Gasteiger partial charge < -0.3 is 11.1 Å². The number of hydrogen-bond acceptors (Lipinski definition) is 3. The molecule has 0 unspecified atom stereocenters. The Hall–Kier alpha value is -1.95. The van der Waals surface area contributed by atoms with Crippen molar-refractivity contribution >= 4 is 28.9 Å². The molecule has 100 valence electrons. The number of rotatable bonds is 2. The highest BCUT2D eigenvalue weighted by molar-refractivity contribution is 6.33. The minimum absolute atomic E-state index is 0.0425. The second-order valence-electron chi connectivity index (χ2n) is 3.77. The van der Waals surface area contributed by atoms with Crippen molar-refractivity contribution in [2.24, 2.45) is 0 Å². The lowest BCUT2D eigenvalue weighted by molar-refractivity contribution is -0.137. The Morgan fingerprint density at radius 2 is 1.89 bits per heavy atom. The van der Waals surface area contributed by atoms with Crippen LogP contribution in [0.25, 0.3) is 0 Å². The molecule has 0 spiro atoms. The number of alkyl halides is 3. The first kappa shape index (κ1) is 13.5. The first-order valence-corrected chi connectivity index (χ1v) is 5.60. The number of nitrogen functional groups attached to an aromatic ring is 1. The van der Waals surface area contributed by atoms with Crippen LogP contribution in [0.3, 0.4) is 0 Å². The molecule has 7 heteroatoms. The van der Waals surface area contributed by atoms with E-state index in [4.69, 9.17) is 17.3 Å². The number of benzene rings is 1. The van der Waals surface area contributed by atoms with Crippen molar-refractivity contribution in [3.63, 3.8) is 0 Å². The molecule has 0 aliphatic heterocycles. The van der Waals surface area contributed by atoms with Gasteiger partial charge in [0, 0.05) is 0 Å². The Bertz CT molecular complexity index is 599. The van der Waals surface area contributed by atoms with E-state index < -0.39 is 11.7 Å². The molecule has 0 saturated carbocycles. The Labute approximate surface area is 112 Å². The molecule has 3 nitrogen and oxygen atoms in total. The van der Waals surface area contributed by atoms with Gasteiger partial charge in [0.15, 0.2) is 0 Å². The van der Waals surface area contributed by atoms with Crippen LogP contribution in [0.2, 0.25) is 5.02 Å².